The van der Waals surface area contributed by atoms with Crippen molar-refractivity contribution in [2.45, 2.75) is 83.0 Å². The molecule has 0 saturated carbocycles. The molecule has 9 nitrogen and oxygen atoms in total. The summed E-state index contributed by atoms with van der Waals surface area (Å²) in [6, 6.07) is 9.35. The first-order valence-electron chi connectivity index (χ1n) is 12.9. The van der Waals surface area contributed by atoms with E-state index in [4.69, 9.17) is 9.47 Å². The zero-order chi connectivity index (χ0) is 27.6. The first kappa shape index (κ1) is 30.9. The Kier molecular flexibility index (Phi) is 12.2. The Morgan fingerprint density at radius 3 is 2.46 bits per heavy atom. The molecule has 0 radical (unpaired) electrons. The van der Waals surface area contributed by atoms with E-state index in [0.29, 0.717) is 26.0 Å². The van der Waals surface area contributed by atoms with Gasteiger partial charge in [0.25, 0.3) is 5.91 Å². The molecule has 6 atom stereocenters. The number of ether oxygens (including phenoxy) is 2. The second-order valence-electron chi connectivity index (χ2n) is 10.8. The highest BCUT2D eigenvalue weighted by Gasteiger charge is 2.38. The van der Waals surface area contributed by atoms with Crippen molar-refractivity contribution in [3.8, 4) is 0 Å². The molecule has 0 bridgehead atoms. The molecule has 1 heterocycles. The van der Waals surface area contributed by atoms with Gasteiger partial charge in [-0.2, -0.15) is 0 Å². The van der Waals surface area contributed by atoms with Gasteiger partial charge in [0.1, 0.15) is 24.4 Å². The van der Waals surface area contributed by atoms with Crippen LogP contribution in [0.3, 0.4) is 0 Å². The Bertz CT molecular complexity index is 871. The normalized spacial score (nSPS) is 22.4. The van der Waals surface area contributed by atoms with Gasteiger partial charge in [-0.05, 0) is 36.7 Å². The number of amides is 2. The molecule has 37 heavy (non-hydrogen) atoms. The second kappa shape index (κ2) is 14.6. The van der Waals surface area contributed by atoms with E-state index < -0.39 is 36.4 Å². The molecule has 2 rings (SSSR count). The third kappa shape index (κ3) is 10.2. The van der Waals surface area contributed by atoms with Gasteiger partial charge in [-0.15, -0.1) is 0 Å². The number of aryl methyl sites for hydroxylation is 1. The molecule has 1 aliphatic rings. The monoisotopic (exact) mass is 520 g/mol. The average molecular weight is 521 g/mol. The number of likely N-dealkylation sites (tertiary alicyclic amines) is 1. The van der Waals surface area contributed by atoms with Crippen LogP contribution in [0.25, 0.3) is 0 Å². The zero-order valence-corrected chi connectivity index (χ0v) is 22.7. The SMILES string of the molecule is CO[C@@H](C(=O)N[C@H]1CC[C@@H](OCCCc2ccccc2)CN(C)C1=O)[C@H](O)[C@@H](O)[C@H](O)C=CC(C)(C)C. The third-order valence-corrected chi connectivity index (χ3v) is 6.37. The lowest BCUT2D eigenvalue weighted by Crippen LogP contribution is -2.55. The van der Waals surface area contributed by atoms with Gasteiger partial charge in [-0.1, -0.05) is 63.3 Å². The van der Waals surface area contributed by atoms with Gasteiger partial charge in [-0.25, -0.2) is 0 Å². The summed E-state index contributed by atoms with van der Waals surface area (Å²) in [4.78, 5) is 27.3. The lowest BCUT2D eigenvalue weighted by molar-refractivity contribution is -0.151. The number of methoxy groups -OCH3 is 1. The van der Waals surface area contributed by atoms with Crippen LogP contribution in [0, 0.1) is 5.41 Å². The maximum absolute atomic E-state index is 12.9. The van der Waals surface area contributed by atoms with E-state index in [1.54, 1.807) is 13.1 Å². The molecule has 1 saturated heterocycles. The summed E-state index contributed by atoms with van der Waals surface area (Å²) in [5.74, 6) is -1.00. The molecule has 0 aliphatic carbocycles. The summed E-state index contributed by atoms with van der Waals surface area (Å²) in [6.07, 6.45) is -0.585. The van der Waals surface area contributed by atoms with Gasteiger partial charge in [0.05, 0.1) is 6.10 Å². The maximum Gasteiger partial charge on any atom is 0.252 e. The predicted octanol–water partition coefficient (Wildman–Crippen LogP) is 1.44. The fraction of sp³-hybridized carbons (Fsp3) is 0.643. The first-order valence-corrected chi connectivity index (χ1v) is 12.9. The van der Waals surface area contributed by atoms with Gasteiger partial charge in [-0.3, -0.25) is 9.59 Å². The molecule has 2 amide bonds. The van der Waals surface area contributed by atoms with E-state index in [1.165, 1.54) is 23.6 Å². The molecule has 0 aromatic heterocycles. The van der Waals surface area contributed by atoms with E-state index in [2.05, 4.69) is 17.4 Å². The third-order valence-electron chi connectivity index (χ3n) is 6.37. The molecule has 1 fully saturated rings. The van der Waals surface area contributed by atoms with Crippen molar-refractivity contribution in [1.82, 2.24) is 10.2 Å². The summed E-state index contributed by atoms with van der Waals surface area (Å²) in [6.45, 7) is 6.75. The molecule has 9 heteroatoms. The number of carbonyl (C=O) groups excluding carboxylic acids is 2. The molecular formula is C28H44N2O7. The van der Waals surface area contributed by atoms with Crippen molar-refractivity contribution < 1.29 is 34.4 Å². The topological polar surface area (TPSA) is 129 Å². The number of hydrogen-bond acceptors (Lipinski definition) is 7. The number of likely N-dealkylation sites (N-methyl/N-ethyl adjacent to an activating group) is 1. The van der Waals surface area contributed by atoms with Crippen molar-refractivity contribution in [3.05, 3.63) is 48.0 Å². The van der Waals surface area contributed by atoms with Crippen molar-refractivity contribution in [3.63, 3.8) is 0 Å². The number of nitrogens with one attached hydrogen (secondary N) is 1. The lowest BCUT2D eigenvalue weighted by atomic mass is 9.94. The van der Waals surface area contributed by atoms with Crippen LogP contribution in [0.15, 0.2) is 42.5 Å². The summed E-state index contributed by atoms with van der Waals surface area (Å²) in [5, 5.41) is 33.8. The highest BCUT2D eigenvalue weighted by atomic mass is 16.5. The molecule has 0 unspecified atom stereocenters. The number of rotatable bonds is 12. The predicted molar refractivity (Wildman–Crippen MR) is 141 cm³/mol. The molecule has 208 valence electrons. The number of allylic oxidation sites excluding steroid dienone is 1. The Hall–Kier alpha value is -2.30. The van der Waals surface area contributed by atoms with Crippen LogP contribution in [0.5, 0.6) is 0 Å². The number of aliphatic hydroxyl groups excluding tert-OH is 3. The Morgan fingerprint density at radius 1 is 1.16 bits per heavy atom. The van der Waals surface area contributed by atoms with Crippen LogP contribution < -0.4 is 5.32 Å². The van der Waals surface area contributed by atoms with Crippen LogP contribution in [-0.4, -0.2) is 95.9 Å². The van der Waals surface area contributed by atoms with E-state index in [9.17, 15) is 24.9 Å². The van der Waals surface area contributed by atoms with E-state index >= 15 is 0 Å². The fourth-order valence-electron chi connectivity index (χ4n) is 4.21. The number of benzene rings is 1. The molecule has 0 spiro atoms. The molecule has 4 N–H and O–H groups in total. The van der Waals surface area contributed by atoms with Crippen molar-refractivity contribution in [2.75, 3.05) is 27.3 Å². The largest absolute Gasteiger partial charge is 0.387 e. The van der Waals surface area contributed by atoms with Crippen LogP contribution in [-0.2, 0) is 25.5 Å². The van der Waals surface area contributed by atoms with Gasteiger partial charge in [0, 0.05) is 27.3 Å². The number of aliphatic hydroxyl groups is 3. The summed E-state index contributed by atoms with van der Waals surface area (Å²) in [5.41, 5.74) is 1.01. The minimum Gasteiger partial charge on any atom is -0.387 e. The molecular weight excluding hydrogens is 476 g/mol. The van der Waals surface area contributed by atoms with Crippen molar-refractivity contribution in [1.29, 1.82) is 0 Å². The first-order chi connectivity index (χ1) is 17.4. The number of hydrogen-bond donors (Lipinski definition) is 4. The Balaban J connectivity index is 1.90. The molecule has 1 aromatic rings. The van der Waals surface area contributed by atoms with Gasteiger partial charge >= 0.3 is 0 Å². The summed E-state index contributed by atoms with van der Waals surface area (Å²) < 4.78 is 11.2. The quantitative estimate of drug-likeness (QED) is 0.243. The maximum atomic E-state index is 12.9. The minimum atomic E-state index is -1.70. The van der Waals surface area contributed by atoms with E-state index in [0.717, 1.165) is 12.8 Å². The highest BCUT2D eigenvalue weighted by Crippen LogP contribution is 2.18. The summed E-state index contributed by atoms with van der Waals surface area (Å²) in [7, 11) is 2.88. The fourth-order valence-corrected chi connectivity index (χ4v) is 4.21. The van der Waals surface area contributed by atoms with Gasteiger partial charge < -0.3 is 35.0 Å². The van der Waals surface area contributed by atoms with Crippen LogP contribution in [0.2, 0.25) is 0 Å². The molecule has 1 aromatic carbocycles. The smallest absolute Gasteiger partial charge is 0.252 e. The van der Waals surface area contributed by atoms with Crippen molar-refractivity contribution in [2.24, 2.45) is 5.41 Å². The van der Waals surface area contributed by atoms with Crippen LogP contribution in [0.1, 0.15) is 45.6 Å². The van der Waals surface area contributed by atoms with Crippen LogP contribution >= 0.6 is 0 Å². The standard InChI is InChI=1S/C28H44N2O7/c1-28(2,3)16-15-22(31)23(32)24(33)25(36-5)26(34)29-21-14-13-20(18-30(4)27(21)35)37-17-9-12-19-10-7-6-8-11-19/h6-8,10-11,15-16,20-25,31-33H,9,12-14,17-18H2,1-5H3,(H,29,34)/t20-,21+,22-,23+,24-,25-/m1/s1. The van der Waals surface area contributed by atoms with E-state index in [-0.39, 0.29) is 17.4 Å². The van der Waals surface area contributed by atoms with Crippen molar-refractivity contribution >= 4 is 11.8 Å². The average Bonchev–Trinajstić information content (AvgIpc) is 2.98. The summed E-state index contributed by atoms with van der Waals surface area (Å²) >= 11 is 0. The Morgan fingerprint density at radius 2 is 1.84 bits per heavy atom. The number of nitrogens with zero attached hydrogens (tertiary/aromatic N) is 1. The molecule has 1 aliphatic heterocycles. The van der Waals surface area contributed by atoms with Gasteiger partial charge in [0.2, 0.25) is 5.91 Å². The minimum absolute atomic E-state index is 0.151. The zero-order valence-electron chi connectivity index (χ0n) is 22.7. The number of carbonyl (C=O) groups is 2. The van der Waals surface area contributed by atoms with Crippen LogP contribution in [0.4, 0.5) is 0 Å². The highest BCUT2D eigenvalue weighted by molar-refractivity contribution is 5.89. The second-order valence-corrected chi connectivity index (χ2v) is 10.8. The lowest BCUT2D eigenvalue weighted by Gasteiger charge is -2.29. The Labute approximate surface area is 220 Å². The van der Waals surface area contributed by atoms with Gasteiger partial charge in [0.15, 0.2) is 6.10 Å². The van der Waals surface area contributed by atoms with E-state index in [1.807, 2.05) is 39.0 Å².